The number of hydrogen-bond acceptors (Lipinski definition) is 6. The van der Waals surface area contributed by atoms with Crippen LogP contribution in [-0.4, -0.2) is 26.5 Å². The molecule has 0 aliphatic heterocycles. The molecular weight excluding hydrogens is 466 g/mol. The van der Waals surface area contributed by atoms with Crippen molar-refractivity contribution in [2.45, 2.75) is 43.5 Å². The van der Waals surface area contributed by atoms with E-state index in [1.807, 2.05) is 30.3 Å². The fourth-order valence-corrected chi connectivity index (χ4v) is 6.38. The second kappa shape index (κ2) is 9.19. The van der Waals surface area contributed by atoms with E-state index in [2.05, 4.69) is 5.32 Å². The van der Waals surface area contributed by atoms with Crippen molar-refractivity contribution in [1.29, 1.82) is 0 Å². The van der Waals surface area contributed by atoms with E-state index in [0.717, 1.165) is 35.3 Å². The Morgan fingerprint density at radius 1 is 1.09 bits per heavy atom. The van der Waals surface area contributed by atoms with Gasteiger partial charge in [0.25, 0.3) is 5.56 Å². The molecule has 1 aliphatic rings. The normalized spacial score (nSPS) is 13.6. The van der Waals surface area contributed by atoms with Gasteiger partial charge in [-0.25, -0.2) is 4.98 Å². The zero-order chi connectivity index (χ0) is 23.8. The lowest BCUT2D eigenvalue weighted by Gasteiger charge is -2.16. The summed E-state index contributed by atoms with van der Waals surface area (Å²) in [5, 5.41) is 3.60. The molecule has 0 saturated heterocycles. The van der Waals surface area contributed by atoms with Crippen LogP contribution in [0.3, 0.4) is 0 Å². The number of thioether (sulfide) groups is 1. The highest BCUT2D eigenvalue weighted by molar-refractivity contribution is 8.00. The smallest absolute Gasteiger partial charge is 0.267 e. The van der Waals surface area contributed by atoms with Crippen LogP contribution in [0.15, 0.2) is 64.5 Å². The molecule has 1 atom stereocenters. The number of benzene rings is 2. The first-order valence-electron chi connectivity index (χ1n) is 11.1. The highest BCUT2D eigenvalue weighted by Gasteiger charge is 2.25. The van der Waals surface area contributed by atoms with Crippen LogP contribution in [-0.2, 0) is 17.6 Å². The molecule has 1 unspecified atom stereocenters. The van der Waals surface area contributed by atoms with Crippen LogP contribution in [0.5, 0.6) is 0 Å². The standard InChI is InChI=1S/C26H23N3O3S2/c1-15(30)17-11-13-18(14-12-17)27-23(31)16(2)33-26-28-24-22(20-9-6-10-21(20)34-24)25(32)29(26)19-7-4-3-5-8-19/h3-5,7-8,11-14,16H,6,9-10H2,1-2H3,(H,27,31). The van der Waals surface area contributed by atoms with Crippen LogP contribution in [0.1, 0.15) is 41.1 Å². The van der Waals surface area contributed by atoms with Crippen molar-refractivity contribution in [1.82, 2.24) is 9.55 Å². The van der Waals surface area contributed by atoms with Crippen LogP contribution >= 0.6 is 23.1 Å². The summed E-state index contributed by atoms with van der Waals surface area (Å²) in [6, 6.07) is 16.2. The predicted octanol–water partition coefficient (Wildman–Crippen LogP) is 5.26. The van der Waals surface area contributed by atoms with Gasteiger partial charge in [0, 0.05) is 16.1 Å². The molecule has 2 aromatic carbocycles. The van der Waals surface area contributed by atoms with Crippen molar-refractivity contribution in [3.8, 4) is 5.69 Å². The highest BCUT2D eigenvalue weighted by atomic mass is 32.2. The third-order valence-corrected chi connectivity index (χ3v) is 8.17. The third kappa shape index (κ3) is 4.19. The Hall–Kier alpha value is -3.23. The lowest BCUT2D eigenvalue weighted by Crippen LogP contribution is -2.26. The van der Waals surface area contributed by atoms with E-state index >= 15 is 0 Å². The molecule has 0 saturated carbocycles. The Labute approximate surface area is 205 Å². The number of thiophene rings is 1. The quantitative estimate of drug-likeness (QED) is 0.227. The number of fused-ring (bicyclic) bond motifs is 3. The topological polar surface area (TPSA) is 81.1 Å². The van der Waals surface area contributed by atoms with Gasteiger partial charge in [0.15, 0.2) is 10.9 Å². The van der Waals surface area contributed by atoms with E-state index in [1.165, 1.54) is 23.6 Å². The molecule has 0 fully saturated rings. The first kappa shape index (κ1) is 22.6. The van der Waals surface area contributed by atoms with Gasteiger partial charge >= 0.3 is 0 Å². The number of nitrogens with one attached hydrogen (secondary N) is 1. The van der Waals surface area contributed by atoms with E-state index in [-0.39, 0.29) is 17.2 Å². The van der Waals surface area contributed by atoms with Crippen molar-refractivity contribution < 1.29 is 9.59 Å². The molecule has 6 nitrogen and oxygen atoms in total. The number of anilines is 1. The van der Waals surface area contributed by atoms with Crippen LogP contribution in [0, 0.1) is 0 Å². The summed E-state index contributed by atoms with van der Waals surface area (Å²) >= 11 is 2.86. The second-order valence-corrected chi connectivity index (χ2v) is 10.7. The van der Waals surface area contributed by atoms with Gasteiger partial charge in [0.05, 0.1) is 16.3 Å². The van der Waals surface area contributed by atoms with E-state index in [0.29, 0.717) is 21.8 Å². The molecule has 1 N–H and O–H groups in total. The second-order valence-electron chi connectivity index (χ2n) is 8.29. The number of aryl methyl sites for hydroxylation is 2. The molecule has 34 heavy (non-hydrogen) atoms. The Balaban J connectivity index is 1.48. The molecule has 2 heterocycles. The Morgan fingerprint density at radius 2 is 1.82 bits per heavy atom. The zero-order valence-corrected chi connectivity index (χ0v) is 20.5. The van der Waals surface area contributed by atoms with E-state index < -0.39 is 5.25 Å². The molecule has 2 aromatic heterocycles. The number of carbonyl (C=O) groups excluding carboxylic acids is 2. The molecule has 0 bridgehead atoms. The van der Waals surface area contributed by atoms with Gasteiger partial charge in [-0.2, -0.15) is 0 Å². The van der Waals surface area contributed by atoms with Crippen molar-refractivity contribution in [3.63, 3.8) is 0 Å². The Bertz CT molecular complexity index is 1460. The number of Topliss-reactive ketones (excluding diaryl/α,β-unsaturated/α-hetero) is 1. The average molecular weight is 490 g/mol. The maximum Gasteiger partial charge on any atom is 0.267 e. The highest BCUT2D eigenvalue weighted by Crippen LogP contribution is 2.36. The summed E-state index contributed by atoms with van der Waals surface area (Å²) in [6.45, 7) is 3.30. The lowest BCUT2D eigenvalue weighted by molar-refractivity contribution is -0.115. The largest absolute Gasteiger partial charge is 0.325 e. The minimum Gasteiger partial charge on any atom is -0.325 e. The predicted molar refractivity (Wildman–Crippen MR) is 138 cm³/mol. The maximum atomic E-state index is 13.7. The first-order valence-corrected chi connectivity index (χ1v) is 12.8. The van der Waals surface area contributed by atoms with Crippen LogP contribution in [0.2, 0.25) is 0 Å². The molecule has 172 valence electrons. The summed E-state index contributed by atoms with van der Waals surface area (Å²) in [5.41, 5.74) is 2.99. The molecule has 0 spiro atoms. The third-order valence-electron chi connectivity index (χ3n) is 5.93. The molecule has 0 radical (unpaired) electrons. The van der Waals surface area contributed by atoms with Crippen molar-refractivity contribution >= 4 is 50.7 Å². The maximum absolute atomic E-state index is 13.7. The molecule has 4 aromatic rings. The van der Waals surface area contributed by atoms with Gasteiger partial charge in [0.1, 0.15) is 4.83 Å². The summed E-state index contributed by atoms with van der Waals surface area (Å²) in [7, 11) is 0. The van der Waals surface area contributed by atoms with E-state index in [4.69, 9.17) is 4.98 Å². The average Bonchev–Trinajstić information content (AvgIpc) is 3.41. The Morgan fingerprint density at radius 3 is 2.53 bits per heavy atom. The monoisotopic (exact) mass is 489 g/mol. The number of hydrogen-bond donors (Lipinski definition) is 1. The number of nitrogens with zero attached hydrogens (tertiary/aromatic N) is 2. The summed E-state index contributed by atoms with van der Waals surface area (Å²) in [4.78, 5) is 45.0. The lowest BCUT2D eigenvalue weighted by atomic mass is 10.1. The molecule has 5 rings (SSSR count). The molecular formula is C26H23N3O3S2. The fourth-order valence-electron chi connectivity index (χ4n) is 4.15. The SMILES string of the molecule is CC(=O)c1ccc(NC(=O)C(C)Sc2nc3sc4c(c3c(=O)n2-c2ccccc2)CCC4)cc1. The van der Waals surface area contributed by atoms with Crippen molar-refractivity contribution in [3.05, 3.63) is 81.0 Å². The zero-order valence-electron chi connectivity index (χ0n) is 18.8. The number of ketones is 1. The van der Waals surface area contributed by atoms with Gasteiger partial charge in [-0.05, 0) is 75.1 Å². The van der Waals surface area contributed by atoms with Crippen LogP contribution in [0.25, 0.3) is 15.9 Å². The summed E-state index contributed by atoms with van der Waals surface area (Å²) < 4.78 is 1.63. The van der Waals surface area contributed by atoms with Crippen molar-refractivity contribution in [2.75, 3.05) is 5.32 Å². The molecule has 1 aliphatic carbocycles. The first-order chi connectivity index (χ1) is 16.4. The molecule has 1 amide bonds. The minimum atomic E-state index is -0.501. The summed E-state index contributed by atoms with van der Waals surface area (Å²) in [5.74, 6) is -0.232. The molecule has 8 heteroatoms. The number of carbonyl (C=O) groups is 2. The number of rotatable bonds is 6. The number of para-hydroxylation sites is 1. The number of aromatic nitrogens is 2. The van der Waals surface area contributed by atoms with Gasteiger partial charge in [0.2, 0.25) is 5.91 Å². The van der Waals surface area contributed by atoms with Crippen LogP contribution < -0.4 is 10.9 Å². The van der Waals surface area contributed by atoms with Crippen LogP contribution in [0.4, 0.5) is 5.69 Å². The minimum absolute atomic E-state index is 0.0262. The Kier molecular flexibility index (Phi) is 6.10. The van der Waals surface area contributed by atoms with Gasteiger partial charge in [-0.3, -0.25) is 19.0 Å². The summed E-state index contributed by atoms with van der Waals surface area (Å²) in [6.07, 6.45) is 2.97. The number of amides is 1. The van der Waals surface area contributed by atoms with E-state index in [1.54, 1.807) is 47.1 Å². The van der Waals surface area contributed by atoms with E-state index in [9.17, 15) is 14.4 Å². The van der Waals surface area contributed by atoms with Crippen molar-refractivity contribution in [2.24, 2.45) is 0 Å². The van der Waals surface area contributed by atoms with Gasteiger partial charge < -0.3 is 5.32 Å². The van der Waals surface area contributed by atoms with Gasteiger partial charge in [-0.1, -0.05) is 30.0 Å². The fraction of sp³-hybridized carbons (Fsp3) is 0.231. The van der Waals surface area contributed by atoms with Gasteiger partial charge in [-0.15, -0.1) is 11.3 Å².